The summed E-state index contributed by atoms with van der Waals surface area (Å²) in [7, 11) is 0. The lowest BCUT2D eigenvalue weighted by atomic mass is 9.72. The van der Waals surface area contributed by atoms with Gasteiger partial charge >= 0.3 is 6.18 Å². The zero-order valence-corrected chi connectivity index (χ0v) is 19.7. The van der Waals surface area contributed by atoms with Crippen molar-refractivity contribution in [1.29, 1.82) is 5.26 Å². The molecule has 0 saturated heterocycles. The highest BCUT2D eigenvalue weighted by atomic mass is 19.4. The van der Waals surface area contributed by atoms with Crippen LogP contribution in [-0.4, -0.2) is 34.7 Å². The standard InChI is InChI=1S/C25H21F3N8O/c1-12(14-4-7-19(30-9-14)25(26,27)28)36-23-20(18(8-29)35-36)24(37)34-22(33-23)17-6-5-16(17)21-31-10-15(11-32-21)13-2-3-13/h4,7,9-13,16-17H,2-3,5-6H2,1H3,(H,33,34,37)/t12-,16-,17-/m1/s1. The monoisotopic (exact) mass is 506 g/mol. The zero-order chi connectivity index (χ0) is 25.9. The topological polar surface area (TPSA) is 126 Å². The van der Waals surface area contributed by atoms with Gasteiger partial charge in [0.05, 0.1) is 6.04 Å². The maximum absolute atomic E-state index is 13.1. The first-order valence-corrected chi connectivity index (χ1v) is 12.0. The number of nitrogens with zero attached hydrogens (tertiary/aromatic N) is 7. The second-order valence-corrected chi connectivity index (χ2v) is 9.64. The van der Waals surface area contributed by atoms with Crippen LogP contribution in [0.1, 0.15) is 90.6 Å². The molecule has 3 atom stereocenters. The molecule has 0 radical (unpaired) electrons. The van der Waals surface area contributed by atoms with E-state index in [-0.39, 0.29) is 28.6 Å². The van der Waals surface area contributed by atoms with Crippen LogP contribution in [0.2, 0.25) is 0 Å². The van der Waals surface area contributed by atoms with Crippen LogP contribution < -0.4 is 5.56 Å². The molecule has 0 spiro atoms. The van der Waals surface area contributed by atoms with Gasteiger partial charge in [0.1, 0.15) is 28.8 Å². The summed E-state index contributed by atoms with van der Waals surface area (Å²) >= 11 is 0. The fraction of sp³-hybridized carbons (Fsp3) is 0.400. The second kappa shape index (κ2) is 8.47. The van der Waals surface area contributed by atoms with E-state index in [0.717, 1.165) is 30.7 Å². The Morgan fingerprint density at radius 1 is 1.08 bits per heavy atom. The number of aromatic amines is 1. The minimum atomic E-state index is -4.56. The first kappa shape index (κ1) is 23.3. The van der Waals surface area contributed by atoms with Crippen LogP contribution in [0.5, 0.6) is 0 Å². The number of nitriles is 1. The molecule has 4 heterocycles. The molecule has 0 unspecified atom stereocenters. The van der Waals surface area contributed by atoms with Gasteiger partial charge in [0.15, 0.2) is 11.3 Å². The Morgan fingerprint density at radius 2 is 1.81 bits per heavy atom. The minimum Gasteiger partial charge on any atom is -0.310 e. The molecule has 1 N–H and O–H groups in total. The lowest BCUT2D eigenvalue weighted by molar-refractivity contribution is -0.141. The number of alkyl halides is 3. The van der Waals surface area contributed by atoms with Gasteiger partial charge in [0, 0.05) is 30.4 Å². The highest BCUT2D eigenvalue weighted by molar-refractivity contribution is 5.80. The van der Waals surface area contributed by atoms with E-state index in [1.807, 2.05) is 18.5 Å². The number of H-pyrrole nitrogens is 1. The molecule has 2 saturated carbocycles. The molecule has 9 nitrogen and oxygen atoms in total. The fourth-order valence-electron chi connectivity index (χ4n) is 4.85. The fourth-order valence-corrected chi connectivity index (χ4v) is 4.85. The third-order valence-electron chi connectivity index (χ3n) is 7.31. The Kier molecular flexibility index (Phi) is 5.33. The molecule has 188 valence electrons. The Morgan fingerprint density at radius 3 is 2.38 bits per heavy atom. The smallest absolute Gasteiger partial charge is 0.310 e. The van der Waals surface area contributed by atoms with E-state index in [1.165, 1.54) is 23.6 Å². The van der Waals surface area contributed by atoms with E-state index >= 15 is 0 Å². The van der Waals surface area contributed by atoms with Crippen molar-refractivity contribution in [1.82, 2.24) is 34.7 Å². The first-order valence-electron chi connectivity index (χ1n) is 12.0. The summed E-state index contributed by atoms with van der Waals surface area (Å²) in [5, 5.41) is 13.9. The maximum atomic E-state index is 13.1. The number of rotatable bonds is 5. The van der Waals surface area contributed by atoms with Crippen molar-refractivity contribution in [3.8, 4) is 6.07 Å². The van der Waals surface area contributed by atoms with Crippen molar-refractivity contribution in [2.75, 3.05) is 0 Å². The Bertz CT molecular complexity index is 1580. The Labute approximate surface area is 208 Å². The average molecular weight is 506 g/mol. The Balaban J connectivity index is 1.36. The van der Waals surface area contributed by atoms with E-state index in [1.54, 1.807) is 6.92 Å². The van der Waals surface area contributed by atoms with Crippen molar-refractivity contribution in [2.45, 2.75) is 62.6 Å². The zero-order valence-electron chi connectivity index (χ0n) is 19.7. The van der Waals surface area contributed by atoms with Gasteiger partial charge in [-0.2, -0.15) is 23.5 Å². The van der Waals surface area contributed by atoms with Crippen LogP contribution in [0, 0.1) is 11.3 Å². The summed E-state index contributed by atoms with van der Waals surface area (Å²) in [5.41, 5.74) is 0.163. The molecule has 4 aromatic heterocycles. The summed E-state index contributed by atoms with van der Waals surface area (Å²) in [6, 6.07) is 3.49. The summed E-state index contributed by atoms with van der Waals surface area (Å²) < 4.78 is 40.2. The third kappa shape index (κ3) is 4.04. The van der Waals surface area contributed by atoms with E-state index in [2.05, 4.69) is 25.0 Å². The molecule has 12 heteroatoms. The van der Waals surface area contributed by atoms with Crippen LogP contribution in [-0.2, 0) is 6.18 Å². The van der Waals surface area contributed by atoms with Crippen LogP contribution in [0.15, 0.2) is 35.5 Å². The molecule has 37 heavy (non-hydrogen) atoms. The van der Waals surface area contributed by atoms with Gasteiger partial charge < -0.3 is 4.98 Å². The van der Waals surface area contributed by atoms with Crippen molar-refractivity contribution in [2.24, 2.45) is 0 Å². The maximum Gasteiger partial charge on any atom is 0.433 e. The van der Waals surface area contributed by atoms with Gasteiger partial charge in [-0.3, -0.25) is 9.78 Å². The quantitative estimate of drug-likeness (QED) is 0.427. The molecule has 0 bridgehead atoms. The number of hydrogen-bond donors (Lipinski definition) is 1. The van der Waals surface area contributed by atoms with Crippen molar-refractivity contribution in [3.05, 3.63) is 75.2 Å². The summed E-state index contributed by atoms with van der Waals surface area (Å²) in [4.78, 5) is 33.2. The van der Waals surface area contributed by atoms with Crippen LogP contribution >= 0.6 is 0 Å². The predicted octanol–water partition coefficient (Wildman–Crippen LogP) is 4.34. The van der Waals surface area contributed by atoms with Gasteiger partial charge in [0.25, 0.3) is 5.56 Å². The largest absolute Gasteiger partial charge is 0.433 e. The average Bonchev–Trinajstić information content (AvgIpc) is 3.63. The molecular weight excluding hydrogens is 485 g/mol. The van der Waals surface area contributed by atoms with Crippen molar-refractivity contribution in [3.63, 3.8) is 0 Å². The van der Waals surface area contributed by atoms with Gasteiger partial charge in [0.2, 0.25) is 0 Å². The van der Waals surface area contributed by atoms with E-state index in [9.17, 15) is 23.2 Å². The summed E-state index contributed by atoms with van der Waals surface area (Å²) in [5.74, 6) is 1.60. The molecular formula is C25H21F3N8O. The normalized spacial score (nSPS) is 20.4. The highest BCUT2D eigenvalue weighted by Gasteiger charge is 2.38. The van der Waals surface area contributed by atoms with E-state index < -0.39 is 23.5 Å². The lowest BCUT2D eigenvalue weighted by Crippen LogP contribution is -2.28. The third-order valence-corrected chi connectivity index (χ3v) is 7.31. The molecule has 2 aliphatic rings. The molecule has 4 aromatic rings. The van der Waals surface area contributed by atoms with Crippen molar-refractivity contribution >= 4 is 11.0 Å². The molecule has 0 amide bonds. The van der Waals surface area contributed by atoms with Crippen LogP contribution in [0.4, 0.5) is 13.2 Å². The van der Waals surface area contributed by atoms with E-state index in [0.29, 0.717) is 23.1 Å². The minimum absolute atomic E-state index is 0.00259. The van der Waals surface area contributed by atoms with Crippen LogP contribution in [0.3, 0.4) is 0 Å². The predicted molar refractivity (Wildman–Crippen MR) is 125 cm³/mol. The Hall–Kier alpha value is -4.14. The first-order chi connectivity index (χ1) is 17.7. The van der Waals surface area contributed by atoms with Gasteiger partial charge in [-0.05, 0) is 55.7 Å². The molecule has 2 aliphatic carbocycles. The van der Waals surface area contributed by atoms with Crippen LogP contribution in [0.25, 0.3) is 11.0 Å². The number of halogens is 3. The second-order valence-electron chi connectivity index (χ2n) is 9.64. The van der Waals surface area contributed by atoms with E-state index in [4.69, 9.17) is 4.98 Å². The number of fused-ring (bicyclic) bond motifs is 1. The molecule has 0 aromatic carbocycles. The number of hydrogen-bond acceptors (Lipinski definition) is 7. The highest BCUT2D eigenvalue weighted by Crippen LogP contribution is 2.47. The van der Waals surface area contributed by atoms with Gasteiger partial charge in [-0.25, -0.2) is 19.6 Å². The summed E-state index contributed by atoms with van der Waals surface area (Å²) in [6.45, 7) is 1.70. The lowest BCUT2D eigenvalue weighted by Gasteiger charge is -2.34. The number of nitrogens with one attached hydrogen (secondary N) is 1. The number of pyridine rings is 1. The molecule has 2 fully saturated rings. The van der Waals surface area contributed by atoms with Crippen molar-refractivity contribution < 1.29 is 13.2 Å². The van der Waals surface area contributed by atoms with Gasteiger partial charge in [-0.1, -0.05) is 6.07 Å². The molecule has 6 rings (SSSR count). The molecule has 0 aliphatic heterocycles. The number of aromatic nitrogens is 7. The van der Waals surface area contributed by atoms with Gasteiger partial charge in [-0.15, -0.1) is 0 Å². The SMILES string of the molecule is C[C@H](c1ccc(C(F)(F)F)nc1)n1nc(C#N)c2c(=O)[nH]c([C@@H]3CC[C@H]3c3ncc(C4CC4)cn3)nc21. The summed E-state index contributed by atoms with van der Waals surface area (Å²) in [6.07, 6.45) is 4.28.